The van der Waals surface area contributed by atoms with Crippen molar-refractivity contribution >= 4 is 17.3 Å². The number of ether oxygens (including phenoxy) is 1. The molecule has 0 saturated carbocycles. The van der Waals surface area contributed by atoms with E-state index in [0.29, 0.717) is 13.0 Å². The Bertz CT molecular complexity index is 537. The zero-order chi connectivity index (χ0) is 14.4. The Balaban J connectivity index is 1.75. The number of rotatable bonds is 6. The van der Waals surface area contributed by atoms with Crippen molar-refractivity contribution in [3.05, 3.63) is 52.2 Å². The molecule has 2 rings (SSSR count). The summed E-state index contributed by atoms with van der Waals surface area (Å²) in [6.45, 7) is 0.350. The van der Waals surface area contributed by atoms with Crippen LogP contribution in [0.15, 0.2) is 41.8 Å². The van der Waals surface area contributed by atoms with Crippen LogP contribution in [0.25, 0.3) is 0 Å². The van der Waals surface area contributed by atoms with E-state index in [0.717, 1.165) is 12.0 Å². The van der Waals surface area contributed by atoms with Crippen LogP contribution >= 0.6 is 11.3 Å². The van der Waals surface area contributed by atoms with Crippen molar-refractivity contribution in [2.24, 2.45) is 5.73 Å². The fourth-order valence-electron chi connectivity index (χ4n) is 1.78. The molecular weight excluding hydrogens is 274 g/mol. The molecule has 2 aromatic rings. The van der Waals surface area contributed by atoms with Gasteiger partial charge in [0.05, 0.1) is 6.61 Å². The van der Waals surface area contributed by atoms with Gasteiger partial charge in [0.2, 0.25) is 0 Å². The van der Waals surface area contributed by atoms with Crippen molar-refractivity contribution in [3.63, 3.8) is 0 Å². The molecule has 106 valence electrons. The second kappa shape index (κ2) is 7.07. The van der Waals surface area contributed by atoms with Crippen molar-refractivity contribution in [3.8, 4) is 5.75 Å². The second-order valence-corrected chi connectivity index (χ2v) is 5.51. The van der Waals surface area contributed by atoms with E-state index in [1.807, 2.05) is 17.5 Å². The van der Waals surface area contributed by atoms with E-state index in [2.05, 4.69) is 0 Å². The fraction of sp³-hybridized carbons (Fsp3) is 0.267. The summed E-state index contributed by atoms with van der Waals surface area (Å²) in [5.74, 6) is -0.199. The SMILES string of the molecule is N[C@H](Cc1ccc(O)cc1)C(=O)OCCc1cccs1. The highest BCUT2D eigenvalue weighted by Gasteiger charge is 2.15. The molecule has 0 aliphatic heterocycles. The molecule has 0 bridgehead atoms. The molecule has 0 radical (unpaired) electrons. The molecule has 1 aromatic carbocycles. The molecule has 5 heteroatoms. The van der Waals surface area contributed by atoms with Gasteiger partial charge in [-0.1, -0.05) is 18.2 Å². The number of hydrogen-bond donors (Lipinski definition) is 2. The number of nitrogens with two attached hydrogens (primary N) is 1. The minimum Gasteiger partial charge on any atom is -0.508 e. The average molecular weight is 291 g/mol. The number of carbonyl (C=O) groups is 1. The smallest absolute Gasteiger partial charge is 0.323 e. The van der Waals surface area contributed by atoms with Crippen LogP contribution < -0.4 is 5.73 Å². The third-order valence-corrected chi connectivity index (χ3v) is 3.80. The fourth-order valence-corrected chi connectivity index (χ4v) is 2.47. The Morgan fingerprint density at radius 2 is 2.05 bits per heavy atom. The van der Waals surface area contributed by atoms with Gasteiger partial charge in [-0.25, -0.2) is 0 Å². The van der Waals surface area contributed by atoms with Gasteiger partial charge in [-0.2, -0.15) is 0 Å². The molecular formula is C15H17NO3S. The quantitative estimate of drug-likeness (QED) is 0.800. The van der Waals surface area contributed by atoms with E-state index >= 15 is 0 Å². The van der Waals surface area contributed by atoms with Crippen LogP contribution in [-0.4, -0.2) is 23.7 Å². The maximum absolute atomic E-state index is 11.7. The molecule has 0 aliphatic carbocycles. The van der Waals surface area contributed by atoms with Crippen molar-refractivity contribution in [2.75, 3.05) is 6.61 Å². The van der Waals surface area contributed by atoms with Gasteiger partial charge >= 0.3 is 5.97 Å². The number of esters is 1. The highest BCUT2D eigenvalue weighted by atomic mass is 32.1. The summed E-state index contributed by atoms with van der Waals surface area (Å²) >= 11 is 1.64. The molecule has 0 saturated heterocycles. The predicted molar refractivity (Wildman–Crippen MR) is 78.8 cm³/mol. The number of hydrogen-bond acceptors (Lipinski definition) is 5. The van der Waals surface area contributed by atoms with Gasteiger partial charge in [-0.3, -0.25) is 4.79 Å². The summed E-state index contributed by atoms with van der Waals surface area (Å²) < 4.78 is 5.17. The third kappa shape index (κ3) is 4.36. The van der Waals surface area contributed by atoms with Gasteiger partial charge < -0.3 is 15.6 Å². The number of benzene rings is 1. The normalized spacial score (nSPS) is 12.1. The summed E-state index contributed by atoms with van der Waals surface area (Å²) in [5, 5.41) is 11.2. The van der Waals surface area contributed by atoms with E-state index < -0.39 is 12.0 Å². The molecule has 0 fully saturated rings. The van der Waals surface area contributed by atoms with Crippen LogP contribution in [0, 0.1) is 0 Å². The first-order valence-electron chi connectivity index (χ1n) is 6.37. The van der Waals surface area contributed by atoms with Crippen molar-refractivity contribution < 1.29 is 14.6 Å². The highest BCUT2D eigenvalue weighted by molar-refractivity contribution is 7.09. The Kier molecular flexibility index (Phi) is 5.15. The van der Waals surface area contributed by atoms with Gasteiger partial charge in [-0.15, -0.1) is 11.3 Å². The molecule has 0 aliphatic rings. The number of thiophene rings is 1. The molecule has 1 aromatic heterocycles. The maximum Gasteiger partial charge on any atom is 0.323 e. The van der Waals surface area contributed by atoms with Gasteiger partial charge in [0.1, 0.15) is 11.8 Å². The summed E-state index contributed by atoms with van der Waals surface area (Å²) in [7, 11) is 0. The van der Waals surface area contributed by atoms with E-state index in [4.69, 9.17) is 10.5 Å². The van der Waals surface area contributed by atoms with Crippen LogP contribution in [-0.2, 0) is 22.4 Å². The molecule has 4 nitrogen and oxygen atoms in total. The number of phenols is 1. The highest BCUT2D eigenvalue weighted by Crippen LogP contribution is 2.12. The van der Waals surface area contributed by atoms with Gasteiger partial charge in [0, 0.05) is 11.3 Å². The van der Waals surface area contributed by atoms with Crippen LogP contribution in [0.1, 0.15) is 10.4 Å². The Hall–Kier alpha value is -1.85. The summed E-state index contributed by atoms with van der Waals surface area (Å²) in [6.07, 6.45) is 1.12. The maximum atomic E-state index is 11.7. The van der Waals surface area contributed by atoms with Crippen molar-refractivity contribution in [1.82, 2.24) is 0 Å². The Morgan fingerprint density at radius 3 is 2.70 bits per heavy atom. The first kappa shape index (κ1) is 14.6. The van der Waals surface area contributed by atoms with Crippen LogP contribution in [0.5, 0.6) is 5.75 Å². The van der Waals surface area contributed by atoms with Crippen LogP contribution in [0.3, 0.4) is 0 Å². The number of phenolic OH excluding ortho intramolecular Hbond substituents is 1. The summed E-state index contributed by atoms with van der Waals surface area (Å²) in [5.41, 5.74) is 6.71. The zero-order valence-corrected chi connectivity index (χ0v) is 11.8. The first-order valence-corrected chi connectivity index (χ1v) is 7.25. The predicted octanol–water partition coefficient (Wildman–Crippen LogP) is 2.11. The lowest BCUT2D eigenvalue weighted by molar-refractivity contribution is -0.145. The Labute approximate surface area is 121 Å². The van der Waals surface area contributed by atoms with E-state index in [1.54, 1.807) is 35.6 Å². The molecule has 0 amide bonds. The summed E-state index contributed by atoms with van der Waals surface area (Å²) in [4.78, 5) is 12.9. The lowest BCUT2D eigenvalue weighted by atomic mass is 10.1. The van der Waals surface area contributed by atoms with E-state index in [1.165, 1.54) is 4.88 Å². The Morgan fingerprint density at radius 1 is 1.30 bits per heavy atom. The van der Waals surface area contributed by atoms with Gasteiger partial charge in [0.25, 0.3) is 0 Å². The van der Waals surface area contributed by atoms with Crippen molar-refractivity contribution in [1.29, 1.82) is 0 Å². The van der Waals surface area contributed by atoms with Crippen LogP contribution in [0.4, 0.5) is 0 Å². The second-order valence-electron chi connectivity index (χ2n) is 4.47. The number of aromatic hydroxyl groups is 1. The molecule has 3 N–H and O–H groups in total. The zero-order valence-electron chi connectivity index (χ0n) is 11.0. The van der Waals surface area contributed by atoms with E-state index in [9.17, 15) is 9.90 Å². The topological polar surface area (TPSA) is 72.5 Å². The molecule has 1 atom stereocenters. The summed E-state index contributed by atoms with van der Waals surface area (Å²) in [6, 6.07) is 9.94. The monoisotopic (exact) mass is 291 g/mol. The van der Waals surface area contributed by atoms with E-state index in [-0.39, 0.29) is 5.75 Å². The van der Waals surface area contributed by atoms with Crippen LogP contribution in [0.2, 0.25) is 0 Å². The largest absolute Gasteiger partial charge is 0.508 e. The standard InChI is InChI=1S/C15H17NO3S/c16-14(10-11-3-5-12(17)6-4-11)15(18)19-8-7-13-2-1-9-20-13/h1-6,9,14,17H,7-8,10,16H2/t14-/m1/s1. The third-order valence-electron chi connectivity index (χ3n) is 2.87. The average Bonchev–Trinajstić information content (AvgIpc) is 2.94. The lowest BCUT2D eigenvalue weighted by Gasteiger charge is -2.11. The molecule has 0 unspecified atom stereocenters. The number of carbonyl (C=O) groups excluding carboxylic acids is 1. The molecule has 20 heavy (non-hydrogen) atoms. The molecule has 0 spiro atoms. The van der Waals surface area contributed by atoms with Gasteiger partial charge in [-0.05, 0) is 35.6 Å². The van der Waals surface area contributed by atoms with Gasteiger partial charge in [0.15, 0.2) is 0 Å². The first-order chi connectivity index (χ1) is 9.65. The molecule has 1 heterocycles. The minimum atomic E-state index is -0.678. The minimum absolute atomic E-state index is 0.195. The van der Waals surface area contributed by atoms with Crippen molar-refractivity contribution in [2.45, 2.75) is 18.9 Å². The lowest BCUT2D eigenvalue weighted by Crippen LogP contribution is -2.34.